The number of carboxylic acid groups (broad SMARTS) is 1. The SMILES string of the molecule is Cc1cccnc1OC1CCC(CCn2cc(Br)c(C(=O)O)n2)CC1. The average Bonchev–Trinajstić information content (AvgIpc) is 2.97. The maximum absolute atomic E-state index is 11.0. The highest BCUT2D eigenvalue weighted by atomic mass is 79.9. The third-order valence-electron chi connectivity index (χ3n) is 4.72. The molecule has 0 radical (unpaired) electrons. The summed E-state index contributed by atoms with van der Waals surface area (Å²) in [5.41, 5.74) is 1.14. The minimum absolute atomic E-state index is 0.0721. The number of aryl methyl sites for hydroxylation is 2. The third-order valence-corrected chi connectivity index (χ3v) is 5.30. The highest BCUT2D eigenvalue weighted by Crippen LogP contribution is 2.30. The number of pyridine rings is 1. The van der Waals surface area contributed by atoms with Gasteiger partial charge in [0, 0.05) is 24.5 Å². The van der Waals surface area contributed by atoms with E-state index in [2.05, 4.69) is 26.0 Å². The number of carbonyl (C=O) groups is 1. The quantitative estimate of drug-likeness (QED) is 0.780. The molecule has 0 amide bonds. The van der Waals surface area contributed by atoms with Gasteiger partial charge >= 0.3 is 5.97 Å². The van der Waals surface area contributed by atoms with Gasteiger partial charge in [-0.25, -0.2) is 9.78 Å². The van der Waals surface area contributed by atoms with Crippen molar-refractivity contribution in [2.24, 2.45) is 5.92 Å². The molecule has 1 fully saturated rings. The molecule has 2 aromatic heterocycles. The first-order chi connectivity index (χ1) is 12.0. The van der Waals surface area contributed by atoms with Crippen molar-refractivity contribution in [1.29, 1.82) is 0 Å². The van der Waals surface area contributed by atoms with Crippen molar-refractivity contribution < 1.29 is 14.6 Å². The van der Waals surface area contributed by atoms with Gasteiger partial charge in [-0.3, -0.25) is 4.68 Å². The first kappa shape index (κ1) is 17.9. The number of hydrogen-bond donors (Lipinski definition) is 1. The molecular weight excluding hydrogens is 386 g/mol. The summed E-state index contributed by atoms with van der Waals surface area (Å²) in [6.45, 7) is 2.75. The fraction of sp³-hybridized carbons (Fsp3) is 0.500. The number of aromatic carboxylic acids is 1. The van der Waals surface area contributed by atoms with E-state index >= 15 is 0 Å². The second-order valence-electron chi connectivity index (χ2n) is 6.57. The number of halogens is 1. The Morgan fingerprint density at radius 2 is 2.16 bits per heavy atom. The van der Waals surface area contributed by atoms with Crippen molar-refractivity contribution >= 4 is 21.9 Å². The van der Waals surface area contributed by atoms with Crippen LogP contribution >= 0.6 is 15.9 Å². The van der Waals surface area contributed by atoms with E-state index in [0.29, 0.717) is 10.4 Å². The van der Waals surface area contributed by atoms with Gasteiger partial charge in [-0.05, 0) is 66.9 Å². The molecule has 1 aliphatic carbocycles. The van der Waals surface area contributed by atoms with Crippen LogP contribution in [0.15, 0.2) is 29.0 Å². The van der Waals surface area contributed by atoms with E-state index in [9.17, 15) is 4.79 Å². The van der Waals surface area contributed by atoms with Crippen LogP contribution in [-0.4, -0.2) is 31.9 Å². The predicted octanol–water partition coefficient (Wildman–Crippen LogP) is 4.08. The summed E-state index contributed by atoms with van der Waals surface area (Å²) in [5.74, 6) is 0.363. The first-order valence-electron chi connectivity index (χ1n) is 8.57. The molecule has 1 N–H and O–H groups in total. The first-order valence-corrected chi connectivity index (χ1v) is 9.36. The van der Waals surface area contributed by atoms with Crippen LogP contribution in [0.4, 0.5) is 0 Å². The zero-order valence-electron chi connectivity index (χ0n) is 14.2. The lowest BCUT2D eigenvalue weighted by Gasteiger charge is -2.29. The molecule has 6 nitrogen and oxygen atoms in total. The smallest absolute Gasteiger partial charge is 0.357 e. The molecule has 0 aromatic carbocycles. The Morgan fingerprint density at radius 1 is 1.40 bits per heavy atom. The van der Waals surface area contributed by atoms with Crippen LogP contribution in [0.1, 0.15) is 48.2 Å². The summed E-state index contributed by atoms with van der Waals surface area (Å²) in [6.07, 6.45) is 9.04. The summed E-state index contributed by atoms with van der Waals surface area (Å²) in [5, 5.41) is 13.2. The van der Waals surface area contributed by atoms with Crippen molar-refractivity contribution in [1.82, 2.24) is 14.8 Å². The molecule has 0 saturated heterocycles. The molecule has 0 spiro atoms. The minimum atomic E-state index is -1.01. The maximum Gasteiger partial charge on any atom is 0.357 e. The predicted molar refractivity (Wildman–Crippen MR) is 96.9 cm³/mol. The van der Waals surface area contributed by atoms with Crippen molar-refractivity contribution in [3.63, 3.8) is 0 Å². The van der Waals surface area contributed by atoms with Crippen LogP contribution < -0.4 is 4.74 Å². The molecule has 7 heteroatoms. The number of hydrogen-bond acceptors (Lipinski definition) is 4. The number of nitrogens with zero attached hydrogens (tertiary/aromatic N) is 3. The zero-order valence-corrected chi connectivity index (χ0v) is 15.8. The molecule has 134 valence electrons. The molecule has 1 saturated carbocycles. The van der Waals surface area contributed by atoms with Crippen LogP contribution in [0.25, 0.3) is 0 Å². The molecular formula is C18H22BrN3O3. The number of carboxylic acids is 1. The summed E-state index contributed by atoms with van der Waals surface area (Å²) < 4.78 is 8.29. The van der Waals surface area contributed by atoms with Gasteiger partial charge in [0.25, 0.3) is 0 Å². The van der Waals surface area contributed by atoms with Gasteiger partial charge in [0.2, 0.25) is 5.88 Å². The topological polar surface area (TPSA) is 77.2 Å². The van der Waals surface area contributed by atoms with E-state index < -0.39 is 5.97 Å². The van der Waals surface area contributed by atoms with Crippen molar-refractivity contribution in [3.8, 4) is 5.88 Å². The monoisotopic (exact) mass is 407 g/mol. The molecule has 2 aromatic rings. The van der Waals surface area contributed by atoms with Gasteiger partial charge in [0.05, 0.1) is 4.47 Å². The van der Waals surface area contributed by atoms with E-state index in [1.807, 2.05) is 19.1 Å². The Labute approximate surface area is 155 Å². The van der Waals surface area contributed by atoms with Crippen LogP contribution in [0, 0.1) is 12.8 Å². The van der Waals surface area contributed by atoms with E-state index in [1.165, 1.54) is 0 Å². The Morgan fingerprint density at radius 3 is 2.80 bits per heavy atom. The van der Waals surface area contributed by atoms with Gasteiger partial charge in [0.15, 0.2) is 5.69 Å². The van der Waals surface area contributed by atoms with Crippen LogP contribution in [-0.2, 0) is 6.54 Å². The van der Waals surface area contributed by atoms with Crippen LogP contribution in [0.3, 0.4) is 0 Å². The van der Waals surface area contributed by atoms with E-state index in [1.54, 1.807) is 17.1 Å². The minimum Gasteiger partial charge on any atom is -0.476 e. The molecule has 1 aliphatic rings. The fourth-order valence-corrected chi connectivity index (χ4v) is 3.75. The van der Waals surface area contributed by atoms with Crippen molar-refractivity contribution in [2.75, 3.05) is 0 Å². The normalized spacial score (nSPS) is 20.4. The van der Waals surface area contributed by atoms with Gasteiger partial charge in [-0.15, -0.1) is 0 Å². The molecule has 25 heavy (non-hydrogen) atoms. The third kappa shape index (κ3) is 4.60. The molecule has 0 atom stereocenters. The maximum atomic E-state index is 11.0. The lowest BCUT2D eigenvalue weighted by molar-refractivity contribution is 0.0688. The standard InChI is InChI=1S/C18H22BrN3O3/c1-12-3-2-9-20-17(12)25-14-6-4-13(5-7-14)8-10-22-11-15(19)16(21-22)18(23)24/h2-3,9,11,13-14H,4-8,10H2,1H3,(H,23,24). The van der Waals surface area contributed by atoms with Gasteiger partial charge in [0.1, 0.15) is 6.10 Å². The van der Waals surface area contributed by atoms with Gasteiger partial charge in [-0.1, -0.05) is 6.07 Å². The molecule has 2 heterocycles. The van der Waals surface area contributed by atoms with Crippen LogP contribution in [0.5, 0.6) is 5.88 Å². The Hall–Kier alpha value is -1.89. The number of aromatic nitrogens is 3. The van der Waals surface area contributed by atoms with E-state index in [-0.39, 0.29) is 11.8 Å². The second-order valence-corrected chi connectivity index (χ2v) is 7.42. The lowest BCUT2D eigenvalue weighted by Crippen LogP contribution is -2.25. The van der Waals surface area contributed by atoms with Gasteiger partial charge in [-0.2, -0.15) is 5.10 Å². The summed E-state index contributed by atoms with van der Waals surface area (Å²) >= 11 is 3.24. The van der Waals surface area contributed by atoms with Crippen LogP contribution in [0.2, 0.25) is 0 Å². The lowest BCUT2D eigenvalue weighted by atomic mass is 9.85. The van der Waals surface area contributed by atoms with E-state index in [0.717, 1.165) is 50.1 Å². The van der Waals surface area contributed by atoms with Crippen molar-refractivity contribution in [2.45, 2.75) is 51.7 Å². The highest BCUT2D eigenvalue weighted by Gasteiger charge is 2.23. The molecule has 0 aliphatic heterocycles. The second kappa shape index (κ2) is 7.99. The summed E-state index contributed by atoms with van der Waals surface area (Å²) in [4.78, 5) is 15.3. The fourth-order valence-electron chi connectivity index (χ4n) is 3.26. The Kier molecular flexibility index (Phi) is 5.73. The molecule has 0 unspecified atom stereocenters. The largest absolute Gasteiger partial charge is 0.476 e. The van der Waals surface area contributed by atoms with Crippen molar-refractivity contribution in [3.05, 3.63) is 40.3 Å². The number of ether oxygens (including phenoxy) is 1. The Bertz CT molecular complexity index is 739. The number of rotatable bonds is 6. The summed E-state index contributed by atoms with van der Waals surface area (Å²) in [6, 6.07) is 3.93. The van der Waals surface area contributed by atoms with Gasteiger partial charge < -0.3 is 9.84 Å². The summed E-state index contributed by atoms with van der Waals surface area (Å²) in [7, 11) is 0. The molecule has 0 bridgehead atoms. The van der Waals surface area contributed by atoms with E-state index in [4.69, 9.17) is 9.84 Å². The molecule has 3 rings (SSSR count). The Balaban J connectivity index is 1.46. The highest BCUT2D eigenvalue weighted by molar-refractivity contribution is 9.10. The zero-order chi connectivity index (χ0) is 17.8. The average molecular weight is 408 g/mol.